The molecular formula is C22H21ClF3N5O3. The summed E-state index contributed by atoms with van der Waals surface area (Å²) < 4.78 is 43.6. The summed E-state index contributed by atoms with van der Waals surface area (Å²) in [6, 6.07) is 9.01. The Labute approximate surface area is 198 Å². The first-order valence-electron chi connectivity index (χ1n) is 10.2. The van der Waals surface area contributed by atoms with Gasteiger partial charge < -0.3 is 15.4 Å². The van der Waals surface area contributed by atoms with Gasteiger partial charge in [-0.25, -0.2) is 9.67 Å². The van der Waals surface area contributed by atoms with E-state index in [4.69, 9.17) is 16.3 Å². The Morgan fingerprint density at radius 1 is 1.18 bits per heavy atom. The van der Waals surface area contributed by atoms with Crippen LogP contribution in [0.5, 0.6) is 5.88 Å². The first-order chi connectivity index (χ1) is 16.1. The SMILES string of the molecule is CCCNC(=O)c1cccc(C)c1NC(=O)c1cc(OCC(F)(F)F)nn1-c1ncccc1Cl. The summed E-state index contributed by atoms with van der Waals surface area (Å²) in [5.41, 5.74) is 0.893. The molecule has 0 unspecified atom stereocenters. The molecule has 0 spiro atoms. The Kier molecular flexibility index (Phi) is 7.77. The molecule has 3 rings (SSSR count). The maximum Gasteiger partial charge on any atom is 0.422 e. The molecule has 8 nitrogen and oxygen atoms in total. The normalized spacial score (nSPS) is 11.2. The third kappa shape index (κ3) is 6.04. The molecule has 0 saturated heterocycles. The van der Waals surface area contributed by atoms with Gasteiger partial charge in [0.25, 0.3) is 11.8 Å². The van der Waals surface area contributed by atoms with E-state index >= 15 is 0 Å². The third-order valence-electron chi connectivity index (χ3n) is 4.53. The van der Waals surface area contributed by atoms with Crippen LogP contribution in [0, 0.1) is 6.92 Å². The number of alkyl halides is 3. The maximum absolute atomic E-state index is 13.2. The van der Waals surface area contributed by atoms with Gasteiger partial charge in [-0.2, -0.15) is 13.2 Å². The van der Waals surface area contributed by atoms with E-state index in [9.17, 15) is 22.8 Å². The highest BCUT2D eigenvalue weighted by Crippen LogP contribution is 2.26. The summed E-state index contributed by atoms with van der Waals surface area (Å²) in [6.07, 6.45) is -2.49. The molecule has 0 aliphatic carbocycles. The van der Waals surface area contributed by atoms with Crippen molar-refractivity contribution >= 4 is 29.1 Å². The van der Waals surface area contributed by atoms with Crippen molar-refractivity contribution in [2.24, 2.45) is 0 Å². The van der Waals surface area contributed by atoms with Gasteiger partial charge in [0.2, 0.25) is 5.88 Å². The molecule has 3 aromatic rings. The van der Waals surface area contributed by atoms with Crippen molar-refractivity contribution in [3.8, 4) is 11.7 Å². The lowest BCUT2D eigenvalue weighted by molar-refractivity contribution is -0.154. The van der Waals surface area contributed by atoms with Crippen molar-refractivity contribution in [3.05, 3.63) is 64.4 Å². The van der Waals surface area contributed by atoms with Crippen molar-refractivity contribution in [2.75, 3.05) is 18.5 Å². The average molecular weight is 496 g/mol. The van der Waals surface area contributed by atoms with Crippen LogP contribution in [0.2, 0.25) is 5.02 Å². The Morgan fingerprint density at radius 2 is 1.94 bits per heavy atom. The van der Waals surface area contributed by atoms with E-state index in [1.807, 2.05) is 6.92 Å². The molecule has 12 heteroatoms. The minimum Gasteiger partial charge on any atom is -0.467 e. The molecule has 0 aliphatic heterocycles. The Balaban J connectivity index is 1.99. The number of ether oxygens (including phenoxy) is 1. The molecule has 1 aromatic carbocycles. The Morgan fingerprint density at radius 3 is 2.62 bits per heavy atom. The summed E-state index contributed by atoms with van der Waals surface area (Å²) in [4.78, 5) is 29.9. The summed E-state index contributed by atoms with van der Waals surface area (Å²) >= 11 is 6.17. The van der Waals surface area contributed by atoms with Crippen molar-refractivity contribution in [2.45, 2.75) is 26.4 Å². The lowest BCUT2D eigenvalue weighted by Crippen LogP contribution is -2.26. The van der Waals surface area contributed by atoms with Gasteiger partial charge in [-0.3, -0.25) is 9.59 Å². The minimum atomic E-state index is -4.60. The minimum absolute atomic E-state index is 0.0156. The van der Waals surface area contributed by atoms with Gasteiger partial charge in [-0.15, -0.1) is 5.10 Å². The zero-order valence-electron chi connectivity index (χ0n) is 18.2. The van der Waals surface area contributed by atoms with E-state index in [0.717, 1.165) is 17.2 Å². The van der Waals surface area contributed by atoms with Crippen LogP contribution in [0.25, 0.3) is 5.82 Å². The van der Waals surface area contributed by atoms with Crippen LogP contribution in [0.3, 0.4) is 0 Å². The molecule has 2 heterocycles. The highest BCUT2D eigenvalue weighted by Gasteiger charge is 2.30. The molecule has 2 aromatic heterocycles. The van der Waals surface area contributed by atoms with E-state index < -0.39 is 24.6 Å². The molecule has 0 fully saturated rings. The number of aromatic nitrogens is 3. The lowest BCUT2D eigenvalue weighted by Gasteiger charge is -2.14. The number of hydrogen-bond donors (Lipinski definition) is 2. The number of rotatable bonds is 8. The number of pyridine rings is 1. The second-order valence-corrected chi connectivity index (χ2v) is 7.61. The number of hydrogen-bond acceptors (Lipinski definition) is 5. The van der Waals surface area contributed by atoms with Gasteiger partial charge in [-0.05, 0) is 37.1 Å². The fourth-order valence-corrected chi connectivity index (χ4v) is 3.18. The van der Waals surface area contributed by atoms with Crippen molar-refractivity contribution in [1.82, 2.24) is 20.1 Å². The van der Waals surface area contributed by atoms with Crippen LogP contribution in [-0.4, -0.2) is 45.9 Å². The van der Waals surface area contributed by atoms with E-state index in [2.05, 4.69) is 20.7 Å². The molecule has 34 heavy (non-hydrogen) atoms. The van der Waals surface area contributed by atoms with Gasteiger partial charge in [-0.1, -0.05) is 30.7 Å². The van der Waals surface area contributed by atoms with Gasteiger partial charge in [0.1, 0.15) is 5.69 Å². The predicted octanol–water partition coefficient (Wildman–Crippen LogP) is 4.56. The summed E-state index contributed by atoms with van der Waals surface area (Å²) in [5, 5.41) is 9.45. The third-order valence-corrected chi connectivity index (χ3v) is 4.83. The molecule has 0 atom stereocenters. The van der Waals surface area contributed by atoms with Crippen LogP contribution in [-0.2, 0) is 0 Å². The second-order valence-electron chi connectivity index (χ2n) is 7.20. The van der Waals surface area contributed by atoms with Crippen molar-refractivity contribution in [1.29, 1.82) is 0 Å². The van der Waals surface area contributed by atoms with Crippen LogP contribution in [0.4, 0.5) is 18.9 Å². The molecule has 0 radical (unpaired) electrons. The quantitative estimate of drug-likeness (QED) is 0.477. The number of anilines is 1. The monoisotopic (exact) mass is 495 g/mol. The lowest BCUT2D eigenvalue weighted by atomic mass is 10.1. The highest BCUT2D eigenvalue weighted by molar-refractivity contribution is 6.32. The molecule has 0 bridgehead atoms. The zero-order chi connectivity index (χ0) is 24.9. The maximum atomic E-state index is 13.2. The Hall–Kier alpha value is -3.60. The van der Waals surface area contributed by atoms with E-state index in [1.165, 1.54) is 12.3 Å². The van der Waals surface area contributed by atoms with Crippen molar-refractivity contribution in [3.63, 3.8) is 0 Å². The highest BCUT2D eigenvalue weighted by atomic mass is 35.5. The molecule has 0 saturated carbocycles. The number of nitrogens with one attached hydrogen (secondary N) is 2. The van der Waals surface area contributed by atoms with E-state index in [-0.39, 0.29) is 33.7 Å². The number of para-hydroxylation sites is 1. The predicted molar refractivity (Wildman–Crippen MR) is 120 cm³/mol. The number of halogens is 4. The van der Waals surface area contributed by atoms with Gasteiger partial charge >= 0.3 is 6.18 Å². The van der Waals surface area contributed by atoms with Crippen molar-refractivity contribution < 1.29 is 27.5 Å². The fourth-order valence-electron chi connectivity index (χ4n) is 2.98. The smallest absolute Gasteiger partial charge is 0.422 e. The molecule has 2 amide bonds. The molecular weight excluding hydrogens is 475 g/mol. The first kappa shape index (κ1) is 25.0. The fraction of sp³-hybridized carbons (Fsp3) is 0.273. The number of amides is 2. The number of carbonyl (C=O) groups excluding carboxylic acids is 2. The van der Waals surface area contributed by atoms with Crippen LogP contribution in [0.1, 0.15) is 39.8 Å². The van der Waals surface area contributed by atoms with Gasteiger partial charge in [0.05, 0.1) is 16.3 Å². The molecule has 180 valence electrons. The number of carbonyl (C=O) groups is 2. The average Bonchev–Trinajstić information content (AvgIpc) is 3.21. The first-order valence-corrected chi connectivity index (χ1v) is 10.6. The number of aryl methyl sites for hydroxylation is 1. The summed E-state index contributed by atoms with van der Waals surface area (Å²) in [5.74, 6) is -1.57. The van der Waals surface area contributed by atoms with Crippen LogP contribution < -0.4 is 15.4 Å². The van der Waals surface area contributed by atoms with E-state index in [1.54, 1.807) is 31.2 Å². The topological polar surface area (TPSA) is 98.1 Å². The second kappa shape index (κ2) is 10.6. The molecule has 2 N–H and O–H groups in total. The molecule has 0 aliphatic rings. The summed E-state index contributed by atoms with van der Waals surface area (Å²) in [7, 11) is 0. The summed E-state index contributed by atoms with van der Waals surface area (Å²) in [6.45, 7) is 2.46. The number of benzene rings is 1. The van der Waals surface area contributed by atoms with Crippen LogP contribution in [0.15, 0.2) is 42.6 Å². The largest absolute Gasteiger partial charge is 0.467 e. The number of nitrogens with zero attached hydrogens (tertiary/aromatic N) is 3. The van der Waals surface area contributed by atoms with E-state index in [0.29, 0.717) is 12.1 Å². The van der Waals surface area contributed by atoms with Gasteiger partial charge in [0, 0.05) is 18.8 Å². The van der Waals surface area contributed by atoms with Crippen LogP contribution >= 0.6 is 11.6 Å². The zero-order valence-corrected chi connectivity index (χ0v) is 19.0. The van der Waals surface area contributed by atoms with Gasteiger partial charge in [0.15, 0.2) is 12.4 Å². The Bertz CT molecular complexity index is 1200. The standard InChI is InChI=1S/C22H21ClF3N5O3/c1-3-9-28-20(32)14-7-4-6-13(2)18(14)29-21(33)16-11-17(34-12-22(24,25)26)30-31(16)19-15(23)8-5-10-27-19/h4-8,10-11H,3,9,12H2,1-2H3,(H,28,32)(H,29,33).